The first-order valence-corrected chi connectivity index (χ1v) is 6.80. The molecule has 3 aromatic rings. The normalized spacial score (nSPS) is 12.9. The first kappa shape index (κ1) is 12.9. The molecule has 5 heteroatoms. The lowest BCUT2D eigenvalue weighted by molar-refractivity contribution is 0.174. The van der Waals surface area contributed by atoms with Gasteiger partial charge in [-0.15, -0.1) is 0 Å². The van der Waals surface area contributed by atoms with Crippen LogP contribution < -0.4 is 0 Å². The molecule has 0 saturated heterocycles. The van der Waals surface area contributed by atoms with E-state index in [-0.39, 0.29) is 0 Å². The summed E-state index contributed by atoms with van der Waals surface area (Å²) in [6.45, 7) is 2.88. The Morgan fingerprint density at radius 3 is 2.85 bits per heavy atom. The van der Waals surface area contributed by atoms with Gasteiger partial charge in [-0.05, 0) is 18.6 Å². The minimum absolute atomic E-state index is 0.529. The van der Waals surface area contributed by atoms with E-state index in [1.807, 2.05) is 53.8 Å². The Bertz CT molecular complexity index is 728. The van der Waals surface area contributed by atoms with Gasteiger partial charge < -0.3 is 5.11 Å². The van der Waals surface area contributed by atoms with Crippen molar-refractivity contribution in [1.82, 2.24) is 19.6 Å². The van der Waals surface area contributed by atoms with Crippen molar-refractivity contribution >= 4 is 10.9 Å². The van der Waals surface area contributed by atoms with Crippen molar-refractivity contribution in [3.05, 3.63) is 47.9 Å². The fourth-order valence-electron chi connectivity index (χ4n) is 2.49. The number of hydrogen-bond acceptors (Lipinski definition) is 3. The van der Waals surface area contributed by atoms with Gasteiger partial charge in [0.25, 0.3) is 0 Å². The van der Waals surface area contributed by atoms with Crippen LogP contribution in [0.15, 0.2) is 36.7 Å². The smallest absolute Gasteiger partial charge is 0.103 e. The van der Waals surface area contributed by atoms with Crippen LogP contribution in [0.3, 0.4) is 0 Å². The molecule has 0 saturated carbocycles. The van der Waals surface area contributed by atoms with E-state index in [0.717, 1.165) is 28.7 Å². The molecule has 5 nitrogen and oxygen atoms in total. The predicted molar refractivity (Wildman–Crippen MR) is 77.3 cm³/mol. The van der Waals surface area contributed by atoms with Gasteiger partial charge in [0.05, 0.1) is 17.4 Å². The summed E-state index contributed by atoms with van der Waals surface area (Å²) >= 11 is 0. The van der Waals surface area contributed by atoms with E-state index < -0.39 is 6.10 Å². The average Bonchev–Trinajstić information content (AvgIpc) is 3.04. The molecule has 1 atom stereocenters. The topological polar surface area (TPSA) is 55.9 Å². The Hall–Kier alpha value is -2.14. The van der Waals surface area contributed by atoms with Gasteiger partial charge in [0.2, 0.25) is 0 Å². The van der Waals surface area contributed by atoms with Crippen molar-refractivity contribution in [2.75, 3.05) is 0 Å². The van der Waals surface area contributed by atoms with Gasteiger partial charge in [0.15, 0.2) is 0 Å². The molecule has 0 aliphatic heterocycles. The average molecular weight is 270 g/mol. The summed E-state index contributed by atoms with van der Waals surface area (Å²) < 4.78 is 3.67. The quantitative estimate of drug-likeness (QED) is 0.789. The summed E-state index contributed by atoms with van der Waals surface area (Å²) in [7, 11) is 1.90. The summed E-state index contributed by atoms with van der Waals surface area (Å²) in [6.07, 6.45) is 3.68. The molecule has 1 N–H and O–H groups in total. The van der Waals surface area contributed by atoms with Crippen molar-refractivity contribution in [3.63, 3.8) is 0 Å². The molecule has 2 aromatic heterocycles. The SMILES string of the molecule is CCn1cc(CC(O)c2nn(C)c3ccccc23)cn1. The molecule has 0 fully saturated rings. The van der Waals surface area contributed by atoms with Crippen molar-refractivity contribution in [3.8, 4) is 0 Å². The first-order chi connectivity index (χ1) is 9.69. The minimum atomic E-state index is -0.615. The number of aromatic nitrogens is 4. The number of benzene rings is 1. The molecule has 0 amide bonds. The molecule has 2 heterocycles. The summed E-state index contributed by atoms with van der Waals surface area (Å²) in [5, 5.41) is 20.1. The van der Waals surface area contributed by atoms with Crippen LogP contribution in [0.5, 0.6) is 0 Å². The molecule has 0 spiro atoms. The first-order valence-electron chi connectivity index (χ1n) is 6.80. The van der Waals surface area contributed by atoms with Crippen LogP contribution in [0.2, 0.25) is 0 Å². The lowest BCUT2D eigenvalue weighted by Crippen LogP contribution is -2.03. The maximum absolute atomic E-state index is 10.5. The highest BCUT2D eigenvalue weighted by molar-refractivity contribution is 5.82. The highest BCUT2D eigenvalue weighted by atomic mass is 16.3. The molecular weight excluding hydrogens is 252 g/mol. The van der Waals surface area contributed by atoms with E-state index in [9.17, 15) is 5.11 Å². The maximum atomic E-state index is 10.5. The van der Waals surface area contributed by atoms with Crippen LogP contribution in [0, 0.1) is 0 Å². The van der Waals surface area contributed by atoms with Crippen molar-refractivity contribution in [2.45, 2.75) is 26.0 Å². The maximum Gasteiger partial charge on any atom is 0.103 e. The lowest BCUT2D eigenvalue weighted by atomic mass is 10.1. The third-order valence-corrected chi connectivity index (χ3v) is 3.54. The second-order valence-corrected chi connectivity index (χ2v) is 4.95. The number of rotatable bonds is 4. The molecule has 20 heavy (non-hydrogen) atoms. The number of fused-ring (bicyclic) bond motifs is 1. The highest BCUT2D eigenvalue weighted by Gasteiger charge is 2.17. The Morgan fingerprint density at radius 1 is 1.30 bits per heavy atom. The molecule has 0 aliphatic carbocycles. The van der Waals surface area contributed by atoms with Crippen LogP contribution in [-0.4, -0.2) is 24.7 Å². The molecule has 0 aliphatic rings. The Balaban J connectivity index is 1.90. The predicted octanol–water partition coefficient (Wildman–Crippen LogP) is 2.07. The van der Waals surface area contributed by atoms with Gasteiger partial charge in [-0.3, -0.25) is 9.36 Å². The Labute approximate surface area is 117 Å². The van der Waals surface area contributed by atoms with Crippen LogP contribution in [0.1, 0.15) is 24.3 Å². The van der Waals surface area contributed by atoms with Crippen LogP contribution in [0.25, 0.3) is 10.9 Å². The third-order valence-electron chi connectivity index (χ3n) is 3.54. The molecule has 0 bridgehead atoms. The van der Waals surface area contributed by atoms with Crippen molar-refractivity contribution in [2.24, 2.45) is 7.05 Å². The number of hydrogen-bond donors (Lipinski definition) is 1. The third kappa shape index (κ3) is 2.20. The largest absolute Gasteiger partial charge is 0.386 e. The fourth-order valence-corrected chi connectivity index (χ4v) is 2.49. The lowest BCUT2D eigenvalue weighted by Gasteiger charge is -2.06. The monoisotopic (exact) mass is 270 g/mol. The molecule has 1 unspecified atom stereocenters. The molecular formula is C15H18N4O. The van der Waals surface area contributed by atoms with Crippen molar-refractivity contribution < 1.29 is 5.11 Å². The number of aliphatic hydroxyl groups excluding tert-OH is 1. The Kier molecular flexibility index (Phi) is 3.28. The molecule has 3 rings (SSSR count). The van der Waals surface area contributed by atoms with Gasteiger partial charge >= 0.3 is 0 Å². The van der Waals surface area contributed by atoms with E-state index in [2.05, 4.69) is 10.2 Å². The van der Waals surface area contributed by atoms with Gasteiger partial charge in [-0.1, -0.05) is 18.2 Å². The van der Waals surface area contributed by atoms with Gasteiger partial charge in [0, 0.05) is 31.6 Å². The summed E-state index contributed by atoms with van der Waals surface area (Å²) in [6, 6.07) is 7.95. The summed E-state index contributed by atoms with van der Waals surface area (Å²) in [5.41, 5.74) is 2.78. The fraction of sp³-hybridized carbons (Fsp3) is 0.333. The van der Waals surface area contributed by atoms with E-state index in [1.54, 1.807) is 6.20 Å². The van der Waals surface area contributed by atoms with E-state index in [0.29, 0.717) is 6.42 Å². The number of aliphatic hydroxyl groups is 1. The van der Waals surface area contributed by atoms with Gasteiger partial charge in [0.1, 0.15) is 6.10 Å². The van der Waals surface area contributed by atoms with Crippen LogP contribution >= 0.6 is 0 Å². The zero-order chi connectivity index (χ0) is 14.1. The van der Waals surface area contributed by atoms with Crippen LogP contribution in [-0.2, 0) is 20.0 Å². The number of nitrogens with zero attached hydrogens (tertiary/aromatic N) is 4. The zero-order valence-electron chi connectivity index (χ0n) is 11.7. The van der Waals surface area contributed by atoms with Gasteiger partial charge in [-0.2, -0.15) is 10.2 Å². The Morgan fingerprint density at radius 2 is 2.10 bits per heavy atom. The molecule has 1 aromatic carbocycles. The number of aryl methyl sites for hydroxylation is 2. The van der Waals surface area contributed by atoms with E-state index in [4.69, 9.17) is 0 Å². The molecule has 104 valence electrons. The van der Waals surface area contributed by atoms with Crippen LogP contribution in [0.4, 0.5) is 0 Å². The summed E-state index contributed by atoms with van der Waals surface area (Å²) in [5.74, 6) is 0. The number of para-hydroxylation sites is 1. The van der Waals surface area contributed by atoms with Crippen molar-refractivity contribution in [1.29, 1.82) is 0 Å². The van der Waals surface area contributed by atoms with E-state index in [1.165, 1.54) is 0 Å². The second-order valence-electron chi connectivity index (χ2n) is 4.95. The second kappa shape index (κ2) is 5.09. The molecule has 0 radical (unpaired) electrons. The minimum Gasteiger partial charge on any atom is -0.386 e. The summed E-state index contributed by atoms with van der Waals surface area (Å²) in [4.78, 5) is 0. The zero-order valence-corrected chi connectivity index (χ0v) is 11.7. The standard InChI is InChI=1S/C15H18N4O/c1-3-19-10-11(9-16-19)8-14(20)15-12-6-4-5-7-13(12)18(2)17-15/h4-7,9-10,14,20H,3,8H2,1-2H3. The highest BCUT2D eigenvalue weighted by Crippen LogP contribution is 2.25. The van der Waals surface area contributed by atoms with E-state index >= 15 is 0 Å². The van der Waals surface area contributed by atoms with Gasteiger partial charge in [-0.25, -0.2) is 0 Å².